The lowest BCUT2D eigenvalue weighted by atomic mass is 9.76. The van der Waals surface area contributed by atoms with Crippen LogP contribution in [-0.4, -0.2) is 50.6 Å². The fraction of sp³-hybridized carbons (Fsp3) is 0.750. The smallest absolute Gasteiger partial charge is 0.335 e. The Morgan fingerprint density at radius 1 is 0.967 bits per heavy atom. The van der Waals surface area contributed by atoms with Gasteiger partial charge in [-0.1, -0.05) is 71.4 Å². The highest BCUT2D eigenvalue weighted by Gasteiger charge is 2.25. The Morgan fingerprint density at radius 3 is 2.07 bits per heavy atom. The molecule has 1 aliphatic carbocycles. The van der Waals surface area contributed by atoms with E-state index in [-0.39, 0.29) is 36.9 Å². The van der Waals surface area contributed by atoms with Gasteiger partial charge in [-0.15, -0.1) is 0 Å². The van der Waals surface area contributed by atoms with Crippen molar-refractivity contribution in [3.05, 3.63) is 24.3 Å². The van der Waals surface area contributed by atoms with E-state index in [1.54, 1.807) is 0 Å². The lowest BCUT2D eigenvalue weighted by Crippen LogP contribution is -2.26. The third-order valence-corrected chi connectivity index (χ3v) is 5.84. The maximum atomic E-state index is 12.0. The molecular weight excluding hydrogens is 384 g/mol. The van der Waals surface area contributed by atoms with Crippen LogP contribution in [0.15, 0.2) is 24.3 Å². The number of hydrogen-bond acceptors (Lipinski definition) is 6. The van der Waals surface area contributed by atoms with Crippen LogP contribution < -0.4 is 0 Å². The molecule has 0 aromatic rings. The van der Waals surface area contributed by atoms with Crippen molar-refractivity contribution >= 4 is 11.9 Å². The van der Waals surface area contributed by atoms with Crippen LogP contribution in [-0.2, 0) is 23.8 Å². The molecule has 1 N–H and O–H groups in total. The van der Waals surface area contributed by atoms with Gasteiger partial charge in [0, 0.05) is 13.0 Å². The summed E-state index contributed by atoms with van der Waals surface area (Å²) in [5.74, 6) is 0.163. The maximum absolute atomic E-state index is 12.0. The summed E-state index contributed by atoms with van der Waals surface area (Å²) in [5.41, 5.74) is 0.279. The highest BCUT2D eigenvalue weighted by atomic mass is 16.5. The molecule has 1 saturated carbocycles. The molecule has 1 aliphatic rings. The van der Waals surface area contributed by atoms with Gasteiger partial charge in [0.1, 0.15) is 0 Å². The highest BCUT2D eigenvalue weighted by molar-refractivity contribution is 5.88. The molecular formula is C24H40O6. The van der Waals surface area contributed by atoms with E-state index >= 15 is 0 Å². The zero-order chi connectivity index (χ0) is 22.4. The normalized spacial score (nSPS) is 19.7. The number of aliphatic hydroxyl groups excluding tert-OH is 1. The number of carbonyl (C=O) groups excluding carboxylic acids is 2. The first-order valence-corrected chi connectivity index (χ1v) is 11.2. The Hall–Kier alpha value is -1.66. The van der Waals surface area contributed by atoms with E-state index in [1.165, 1.54) is 45.6 Å². The number of methoxy groups -OCH3 is 1. The molecule has 1 rings (SSSR count). The molecule has 1 unspecified atom stereocenters. The number of esters is 2. The average Bonchev–Trinajstić information content (AvgIpc) is 2.75. The molecule has 1 atom stereocenters. The molecule has 0 aromatic heterocycles. The number of hydrogen-bond donors (Lipinski definition) is 1. The third-order valence-electron chi connectivity index (χ3n) is 5.84. The molecule has 0 bridgehead atoms. The average molecular weight is 425 g/mol. The first kappa shape index (κ1) is 26.4. The monoisotopic (exact) mass is 424 g/mol. The Morgan fingerprint density at radius 2 is 1.53 bits per heavy atom. The summed E-state index contributed by atoms with van der Waals surface area (Å²) in [5, 5.41) is 9.03. The third kappa shape index (κ3) is 10.4. The topological polar surface area (TPSA) is 82.1 Å². The minimum atomic E-state index is -0.614. The number of carbonyl (C=O) groups is 2. The summed E-state index contributed by atoms with van der Waals surface area (Å²) in [6.07, 6.45) is 10.9. The second-order valence-electron chi connectivity index (χ2n) is 8.48. The zero-order valence-electron chi connectivity index (χ0n) is 18.8. The van der Waals surface area contributed by atoms with Crippen molar-refractivity contribution in [2.45, 2.75) is 64.7 Å². The van der Waals surface area contributed by atoms with Crippen LogP contribution in [0.4, 0.5) is 0 Å². The van der Waals surface area contributed by atoms with Crippen LogP contribution in [0.3, 0.4) is 0 Å². The molecule has 0 aliphatic heterocycles. The van der Waals surface area contributed by atoms with Gasteiger partial charge in [0.2, 0.25) is 0 Å². The lowest BCUT2D eigenvalue weighted by molar-refractivity contribution is -0.145. The summed E-state index contributed by atoms with van der Waals surface area (Å²) in [4.78, 5) is 23.9. The molecule has 6 nitrogen and oxygen atoms in total. The van der Waals surface area contributed by atoms with E-state index in [0.717, 1.165) is 25.2 Å². The fourth-order valence-corrected chi connectivity index (χ4v) is 3.98. The fourth-order valence-electron chi connectivity index (χ4n) is 3.98. The maximum Gasteiger partial charge on any atom is 0.335 e. The molecule has 1 fully saturated rings. The minimum absolute atomic E-state index is 0.0202. The van der Waals surface area contributed by atoms with Crippen molar-refractivity contribution in [2.24, 2.45) is 17.8 Å². The first-order chi connectivity index (χ1) is 14.4. The predicted molar refractivity (Wildman–Crippen MR) is 117 cm³/mol. The van der Waals surface area contributed by atoms with Gasteiger partial charge in [-0.05, 0) is 18.3 Å². The molecule has 0 spiro atoms. The van der Waals surface area contributed by atoms with E-state index < -0.39 is 18.5 Å². The summed E-state index contributed by atoms with van der Waals surface area (Å²) in [6.45, 7) is 9.37. The number of ether oxygens (including phenoxy) is 3. The van der Waals surface area contributed by atoms with Crippen molar-refractivity contribution in [1.29, 1.82) is 0 Å². The SMILES string of the molecule is C=C(CO)C(=O)OCC(COC(=O)C(=C)COC)CC1CCC(CCCCC)CC1. The molecule has 0 radical (unpaired) electrons. The number of unbranched alkanes of at least 4 members (excludes halogenated alkanes) is 2. The number of rotatable bonds is 15. The van der Waals surface area contributed by atoms with E-state index in [9.17, 15) is 9.59 Å². The minimum Gasteiger partial charge on any atom is -0.462 e. The Balaban J connectivity index is 2.54. The van der Waals surface area contributed by atoms with Gasteiger partial charge in [-0.25, -0.2) is 9.59 Å². The van der Waals surface area contributed by atoms with Gasteiger partial charge < -0.3 is 19.3 Å². The van der Waals surface area contributed by atoms with Crippen molar-refractivity contribution in [3.63, 3.8) is 0 Å². The van der Waals surface area contributed by atoms with Crippen molar-refractivity contribution in [3.8, 4) is 0 Å². The van der Waals surface area contributed by atoms with Crippen LogP contribution >= 0.6 is 0 Å². The summed E-state index contributed by atoms with van der Waals surface area (Å²) in [7, 11) is 1.49. The largest absolute Gasteiger partial charge is 0.462 e. The molecule has 0 aromatic carbocycles. The molecule has 0 saturated heterocycles. The van der Waals surface area contributed by atoms with E-state index in [2.05, 4.69) is 20.1 Å². The van der Waals surface area contributed by atoms with Gasteiger partial charge in [0.05, 0.1) is 37.6 Å². The summed E-state index contributed by atoms with van der Waals surface area (Å²) < 4.78 is 15.6. The Labute approximate surface area is 181 Å². The second kappa shape index (κ2) is 15.2. The lowest BCUT2D eigenvalue weighted by Gasteiger charge is -2.31. The predicted octanol–water partition coefficient (Wildman–Crippen LogP) is 4.22. The van der Waals surface area contributed by atoms with E-state index in [4.69, 9.17) is 19.3 Å². The Kier molecular flexibility index (Phi) is 13.4. The van der Waals surface area contributed by atoms with Crippen molar-refractivity contribution < 1.29 is 28.9 Å². The number of aliphatic hydroxyl groups is 1. The molecule has 30 heavy (non-hydrogen) atoms. The van der Waals surface area contributed by atoms with Crippen LogP contribution in [0.2, 0.25) is 0 Å². The summed E-state index contributed by atoms with van der Waals surface area (Å²) >= 11 is 0. The van der Waals surface area contributed by atoms with Crippen LogP contribution in [0.25, 0.3) is 0 Å². The molecule has 0 heterocycles. The van der Waals surface area contributed by atoms with Crippen LogP contribution in [0.5, 0.6) is 0 Å². The van der Waals surface area contributed by atoms with Crippen LogP contribution in [0.1, 0.15) is 64.7 Å². The first-order valence-electron chi connectivity index (χ1n) is 11.2. The van der Waals surface area contributed by atoms with E-state index in [1.807, 2.05) is 0 Å². The Bertz CT molecular complexity index is 548. The zero-order valence-corrected chi connectivity index (χ0v) is 18.8. The van der Waals surface area contributed by atoms with Gasteiger partial charge in [0.25, 0.3) is 0 Å². The quantitative estimate of drug-likeness (QED) is 0.241. The second-order valence-corrected chi connectivity index (χ2v) is 8.48. The molecule has 0 amide bonds. The van der Waals surface area contributed by atoms with Crippen molar-refractivity contribution in [1.82, 2.24) is 0 Å². The van der Waals surface area contributed by atoms with Gasteiger partial charge in [-0.2, -0.15) is 0 Å². The highest BCUT2D eigenvalue weighted by Crippen LogP contribution is 2.35. The standard InChI is InChI=1S/C24H40O6/c1-5-6-7-8-20-9-11-21(12-10-20)13-22(16-29-23(26)18(2)14-25)17-30-24(27)19(3)15-28-4/h20-22,25H,2-3,5-17H2,1,4H3. The molecule has 172 valence electrons. The molecule has 6 heteroatoms. The summed E-state index contributed by atoms with van der Waals surface area (Å²) in [6, 6.07) is 0. The van der Waals surface area contributed by atoms with Gasteiger partial charge >= 0.3 is 11.9 Å². The van der Waals surface area contributed by atoms with Crippen molar-refractivity contribution in [2.75, 3.05) is 33.5 Å². The van der Waals surface area contributed by atoms with Gasteiger partial charge in [0.15, 0.2) is 0 Å². The van der Waals surface area contributed by atoms with Crippen LogP contribution in [0, 0.1) is 17.8 Å². The van der Waals surface area contributed by atoms with E-state index in [0.29, 0.717) is 5.92 Å². The van der Waals surface area contributed by atoms with Gasteiger partial charge in [-0.3, -0.25) is 0 Å².